The van der Waals surface area contributed by atoms with E-state index in [9.17, 15) is 4.79 Å². The van der Waals surface area contributed by atoms with Crippen LogP contribution in [0, 0.1) is 0 Å². The Morgan fingerprint density at radius 3 is 2.71 bits per heavy atom. The van der Waals surface area contributed by atoms with E-state index in [2.05, 4.69) is 15.4 Å². The van der Waals surface area contributed by atoms with Gasteiger partial charge in [-0.15, -0.1) is 0 Å². The second-order valence-electron chi connectivity index (χ2n) is 3.12. The first-order valence-electron chi connectivity index (χ1n) is 4.93. The standard InChI is InChI=1S/C12H9N3O2/c16-9-10-5-1-2-6-11(10)17-15-14-12-7-3-4-8-13-12/h1-9H. The van der Waals surface area contributed by atoms with Crippen molar-refractivity contribution in [3.8, 4) is 5.75 Å². The summed E-state index contributed by atoms with van der Waals surface area (Å²) in [5.74, 6) is 0.804. The van der Waals surface area contributed by atoms with Crippen LogP contribution in [0.4, 0.5) is 5.82 Å². The van der Waals surface area contributed by atoms with Gasteiger partial charge in [-0.25, -0.2) is 4.98 Å². The van der Waals surface area contributed by atoms with Crippen molar-refractivity contribution in [3.63, 3.8) is 0 Å². The molecule has 0 aliphatic heterocycles. The van der Waals surface area contributed by atoms with Crippen molar-refractivity contribution in [2.24, 2.45) is 10.4 Å². The number of aldehydes is 1. The minimum Gasteiger partial charge on any atom is -0.339 e. The summed E-state index contributed by atoms with van der Waals surface area (Å²) in [6.07, 6.45) is 2.30. The van der Waals surface area contributed by atoms with Gasteiger partial charge in [0.25, 0.3) is 0 Å². The fourth-order valence-corrected chi connectivity index (χ4v) is 1.18. The Morgan fingerprint density at radius 2 is 1.94 bits per heavy atom. The average molecular weight is 227 g/mol. The van der Waals surface area contributed by atoms with Gasteiger partial charge in [-0.05, 0) is 24.3 Å². The molecule has 0 fully saturated rings. The van der Waals surface area contributed by atoms with Crippen LogP contribution < -0.4 is 4.84 Å². The van der Waals surface area contributed by atoms with Crippen molar-refractivity contribution in [1.29, 1.82) is 0 Å². The third-order valence-electron chi connectivity index (χ3n) is 1.98. The van der Waals surface area contributed by atoms with E-state index in [-0.39, 0.29) is 0 Å². The van der Waals surface area contributed by atoms with Crippen LogP contribution in [0.2, 0.25) is 0 Å². The van der Waals surface area contributed by atoms with Gasteiger partial charge in [0.1, 0.15) is 0 Å². The van der Waals surface area contributed by atoms with E-state index >= 15 is 0 Å². The van der Waals surface area contributed by atoms with E-state index in [1.54, 1.807) is 48.7 Å². The third-order valence-corrected chi connectivity index (χ3v) is 1.98. The van der Waals surface area contributed by atoms with Crippen molar-refractivity contribution in [2.75, 3.05) is 0 Å². The molecule has 0 aliphatic rings. The Kier molecular flexibility index (Phi) is 3.54. The molecule has 84 valence electrons. The summed E-state index contributed by atoms with van der Waals surface area (Å²) in [6, 6.07) is 12.0. The molecule has 1 aromatic heterocycles. The molecule has 0 aliphatic carbocycles. The number of pyridine rings is 1. The molecule has 0 bridgehead atoms. The van der Waals surface area contributed by atoms with Gasteiger partial charge in [0, 0.05) is 11.5 Å². The van der Waals surface area contributed by atoms with E-state index in [4.69, 9.17) is 4.84 Å². The molecule has 2 aromatic rings. The lowest BCUT2D eigenvalue weighted by atomic mass is 10.2. The number of rotatable bonds is 4. The van der Waals surface area contributed by atoms with Crippen LogP contribution in [0.3, 0.4) is 0 Å². The molecule has 5 heteroatoms. The SMILES string of the molecule is O=Cc1ccccc1ON=Nc1ccccn1. The lowest BCUT2D eigenvalue weighted by molar-refractivity contribution is 0.111. The smallest absolute Gasteiger partial charge is 0.177 e. The first-order valence-corrected chi connectivity index (χ1v) is 4.93. The summed E-state index contributed by atoms with van der Waals surface area (Å²) in [7, 11) is 0. The van der Waals surface area contributed by atoms with Gasteiger partial charge in [0.2, 0.25) is 0 Å². The Labute approximate surface area is 97.7 Å². The molecule has 0 saturated carbocycles. The van der Waals surface area contributed by atoms with Crippen molar-refractivity contribution >= 4 is 12.1 Å². The quantitative estimate of drug-likeness (QED) is 0.458. The number of hydrogen-bond acceptors (Lipinski definition) is 5. The predicted molar refractivity (Wildman–Crippen MR) is 61.2 cm³/mol. The summed E-state index contributed by atoms with van der Waals surface area (Å²) in [4.78, 5) is 19.7. The minimum absolute atomic E-state index is 0.363. The first kappa shape index (κ1) is 10.9. The molecule has 0 spiro atoms. The summed E-state index contributed by atoms with van der Waals surface area (Å²) in [6.45, 7) is 0. The maximum atomic E-state index is 10.7. The maximum Gasteiger partial charge on any atom is 0.177 e. The fourth-order valence-electron chi connectivity index (χ4n) is 1.18. The van der Waals surface area contributed by atoms with E-state index in [1.165, 1.54) is 0 Å². The van der Waals surface area contributed by atoms with Gasteiger partial charge < -0.3 is 4.84 Å². The highest BCUT2D eigenvalue weighted by Crippen LogP contribution is 2.16. The molecule has 5 nitrogen and oxygen atoms in total. The van der Waals surface area contributed by atoms with Gasteiger partial charge >= 0.3 is 0 Å². The Morgan fingerprint density at radius 1 is 1.12 bits per heavy atom. The highest BCUT2D eigenvalue weighted by molar-refractivity contribution is 5.79. The highest BCUT2D eigenvalue weighted by Gasteiger charge is 2.00. The summed E-state index contributed by atoms with van der Waals surface area (Å²) in [5, 5.41) is 7.28. The summed E-state index contributed by atoms with van der Waals surface area (Å²) < 4.78 is 0. The first-order chi connectivity index (χ1) is 8.40. The summed E-state index contributed by atoms with van der Waals surface area (Å²) in [5.41, 5.74) is 0.424. The monoisotopic (exact) mass is 227 g/mol. The van der Waals surface area contributed by atoms with Crippen LogP contribution >= 0.6 is 0 Å². The zero-order valence-electron chi connectivity index (χ0n) is 8.85. The number of nitrogens with zero attached hydrogens (tertiary/aromatic N) is 3. The molecular weight excluding hydrogens is 218 g/mol. The van der Waals surface area contributed by atoms with E-state index in [0.29, 0.717) is 23.4 Å². The molecule has 0 unspecified atom stereocenters. The molecule has 0 amide bonds. The fraction of sp³-hybridized carbons (Fsp3) is 0. The van der Waals surface area contributed by atoms with Gasteiger partial charge in [-0.2, -0.15) is 0 Å². The number of para-hydroxylation sites is 1. The van der Waals surface area contributed by atoms with E-state index in [0.717, 1.165) is 0 Å². The average Bonchev–Trinajstić information content (AvgIpc) is 2.40. The maximum absolute atomic E-state index is 10.7. The predicted octanol–water partition coefficient (Wildman–Crippen LogP) is 2.97. The van der Waals surface area contributed by atoms with Crippen molar-refractivity contribution < 1.29 is 9.63 Å². The second kappa shape index (κ2) is 5.50. The lowest BCUT2D eigenvalue weighted by Crippen LogP contribution is -1.88. The largest absolute Gasteiger partial charge is 0.339 e. The number of carbonyl (C=O) groups is 1. The van der Waals surface area contributed by atoms with Gasteiger partial charge in [-0.1, -0.05) is 23.3 Å². The van der Waals surface area contributed by atoms with Crippen molar-refractivity contribution in [1.82, 2.24) is 4.98 Å². The number of carbonyl (C=O) groups excluding carboxylic acids is 1. The van der Waals surface area contributed by atoms with E-state index < -0.39 is 0 Å². The van der Waals surface area contributed by atoms with Crippen molar-refractivity contribution in [2.45, 2.75) is 0 Å². The van der Waals surface area contributed by atoms with Gasteiger partial charge in [0.05, 0.1) is 5.56 Å². The molecule has 2 rings (SSSR count). The zero-order chi connectivity index (χ0) is 11.9. The minimum atomic E-state index is 0.363. The normalized spacial score (nSPS) is 10.4. The Balaban J connectivity index is 2.07. The number of hydrogen-bond donors (Lipinski definition) is 0. The highest BCUT2D eigenvalue weighted by atomic mass is 16.6. The lowest BCUT2D eigenvalue weighted by Gasteiger charge is -1.98. The summed E-state index contributed by atoms with van der Waals surface area (Å²) >= 11 is 0. The topological polar surface area (TPSA) is 63.9 Å². The Hall–Kier alpha value is -2.56. The van der Waals surface area contributed by atoms with Crippen molar-refractivity contribution in [3.05, 3.63) is 54.2 Å². The second-order valence-corrected chi connectivity index (χ2v) is 3.12. The number of benzene rings is 1. The molecule has 0 saturated heterocycles. The molecule has 1 aromatic carbocycles. The van der Waals surface area contributed by atoms with Crippen LogP contribution in [-0.2, 0) is 0 Å². The molecule has 17 heavy (non-hydrogen) atoms. The van der Waals surface area contributed by atoms with Crippen LogP contribution in [-0.4, -0.2) is 11.3 Å². The third kappa shape index (κ3) is 2.94. The van der Waals surface area contributed by atoms with E-state index in [1.807, 2.05) is 0 Å². The van der Waals surface area contributed by atoms with Gasteiger partial charge in [0.15, 0.2) is 17.9 Å². The van der Waals surface area contributed by atoms with Gasteiger partial charge in [-0.3, -0.25) is 4.79 Å². The zero-order valence-corrected chi connectivity index (χ0v) is 8.85. The Bertz CT molecular complexity index is 526. The molecule has 0 atom stereocenters. The van der Waals surface area contributed by atoms with Crippen LogP contribution in [0.5, 0.6) is 5.75 Å². The van der Waals surface area contributed by atoms with Crippen LogP contribution in [0.25, 0.3) is 0 Å². The molecular formula is C12H9N3O2. The molecule has 0 radical (unpaired) electrons. The van der Waals surface area contributed by atoms with Crippen LogP contribution in [0.1, 0.15) is 10.4 Å². The number of aromatic nitrogens is 1. The molecule has 0 N–H and O–H groups in total. The van der Waals surface area contributed by atoms with Crippen LogP contribution in [0.15, 0.2) is 59.1 Å². The molecule has 1 heterocycles.